The highest BCUT2D eigenvalue weighted by Crippen LogP contribution is 2.17. The van der Waals surface area contributed by atoms with Crippen LogP contribution in [0.5, 0.6) is 0 Å². The second-order valence-electron chi connectivity index (χ2n) is 5.35. The van der Waals surface area contributed by atoms with E-state index in [4.69, 9.17) is 0 Å². The van der Waals surface area contributed by atoms with E-state index in [9.17, 15) is 4.79 Å². The first-order valence-electron chi connectivity index (χ1n) is 6.96. The summed E-state index contributed by atoms with van der Waals surface area (Å²) in [4.78, 5) is 13.8. The van der Waals surface area contributed by atoms with Crippen LogP contribution in [0.2, 0.25) is 0 Å². The van der Waals surface area contributed by atoms with Crippen molar-refractivity contribution < 1.29 is 4.79 Å². The number of nitrogens with zero attached hydrogens (tertiary/aromatic N) is 1. The molecule has 0 unspecified atom stereocenters. The van der Waals surface area contributed by atoms with Crippen LogP contribution < -0.4 is 15.5 Å². The monoisotopic (exact) mass is 261 g/mol. The fraction of sp³-hybridized carbons (Fsp3) is 0.533. The zero-order chi connectivity index (χ0) is 13.7. The summed E-state index contributed by atoms with van der Waals surface area (Å²) in [5.74, 6) is 0.0319. The molecule has 0 saturated heterocycles. The molecule has 2 rings (SSSR count). The Labute approximate surface area is 115 Å². The Morgan fingerprint density at radius 1 is 1.21 bits per heavy atom. The number of amides is 1. The van der Waals surface area contributed by atoms with Gasteiger partial charge in [-0.1, -0.05) is 12.8 Å². The average molecular weight is 261 g/mol. The van der Waals surface area contributed by atoms with Crippen molar-refractivity contribution in [2.45, 2.75) is 31.7 Å². The van der Waals surface area contributed by atoms with E-state index < -0.39 is 0 Å². The van der Waals surface area contributed by atoms with Crippen molar-refractivity contribution in [1.82, 2.24) is 5.32 Å². The van der Waals surface area contributed by atoms with Gasteiger partial charge in [-0.25, -0.2) is 0 Å². The van der Waals surface area contributed by atoms with Crippen LogP contribution in [0.4, 0.5) is 11.4 Å². The first kappa shape index (κ1) is 13.9. The van der Waals surface area contributed by atoms with Crippen LogP contribution in [0, 0.1) is 0 Å². The molecule has 0 aromatic heterocycles. The van der Waals surface area contributed by atoms with Crippen molar-refractivity contribution in [2.24, 2.45) is 0 Å². The highest BCUT2D eigenvalue weighted by molar-refractivity contribution is 5.92. The van der Waals surface area contributed by atoms with Gasteiger partial charge in [0.2, 0.25) is 5.91 Å². The number of benzene rings is 1. The zero-order valence-electron chi connectivity index (χ0n) is 11.8. The smallest absolute Gasteiger partial charge is 0.238 e. The molecule has 0 bridgehead atoms. The number of carbonyl (C=O) groups is 1. The zero-order valence-corrected chi connectivity index (χ0v) is 11.8. The van der Waals surface area contributed by atoms with E-state index in [1.165, 1.54) is 25.7 Å². The molecular weight excluding hydrogens is 238 g/mol. The van der Waals surface area contributed by atoms with Gasteiger partial charge in [0.25, 0.3) is 0 Å². The molecule has 4 heteroatoms. The topological polar surface area (TPSA) is 44.4 Å². The first-order valence-corrected chi connectivity index (χ1v) is 6.96. The minimum atomic E-state index is 0.0319. The van der Waals surface area contributed by atoms with Crippen molar-refractivity contribution >= 4 is 17.3 Å². The predicted octanol–water partition coefficient (Wildman–Crippen LogP) is 2.22. The largest absolute Gasteiger partial charge is 0.378 e. The summed E-state index contributed by atoms with van der Waals surface area (Å²) in [7, 11) is 4.00. The summed E-state index contributed by atoms with van der Waals surface area (Å²) in [6.45, 7) is 0.403. The molecule has 1 fully saturated rings. The Kier molecular flexibility index (Phi) is 4.80. The average Bonchev–Trinajstić information content (AvgIpc) is 2.90. The van der Waals surface area contributed by atoms with Gasteiger partial charge in [-0.2, -0.15) is 0 Å². The summed E-state index contributed by atoms with van der Waals surface area (Å²) in [6.07, 6.45) is 4.96. The maximum Gasteiger partial charge on any atom is 0.238 e. The molecule has 1 amide bonds. The van der Waals surface area contributed by atoms with E-state index in [0.29, 0.717) is 12.6 Å². The maximum absolute atomic E-state index is 11.8. The lowest BCUT2D eigenvalue weighted by atomic mass is 10.2. The number of rotatable bonds is 5. The molecule has 1 aromatic rings. The van der Waals surface area contributed by atoms with Gasteiger partial charge < -0.3 is 15.5 Å². The van der Waals surface area contributed by atoms with Gasteiger partial charge in [0, 0.05) is 31.5 Å². The van der Waals surface area contributed by atoms with Crippen LogP contribution >= 0.6 is 0 Å². The van der Waals surface area contributed by atoms with Gasteiger partial charge in [0.1, 0.15) is 0 Å². The van der Waals surface area contributed by atoms with E-state index >= 15 is 0 Å². The van der Waals surface area contributed by atoms with E-state index in [-0.39, 0.29) is 5.91 Å². The van der Waals surface area contributed by atoms with Crippen molar-refractivity contribution in [3.63, 3.8) is 0 Å². The normalized spacial score (nSPS) is 15.5. The minimum Gasteiger partial charge on any atom is -0.378 e. The second-order valence-corrected chi connectivity index (χ2v) is 5.35. The van der Waals surface area contributed by atoms with Gasteiger partial charge in [-0.05, 0) is 37.1 Å². The molecule has 104 valence electrons. The molecule has 0 spiro atoms. The van der Waals surface area contributed by atoms with Crippen molar-refractivity contribution in [3.05, 3.63) is 24.3 Å². The third kappa shape index (κ3) is 4.24. The molecule has 0 heterocycles. The molecule has 1 saturated carbocycles. The molecule has 0 radical (unpaired) electrons. The molecular formula is C15H23N3O. The van der Waals surface area contributed by atoms with E-state index in [0.717, 1.165) is 11.4 Å². The van der Waals surface area contributed by atoms with Gasteiger partial charge in [0.15, 0.2) is 0 Å². The van der Waals surface area contributed by atoms with Crippen LogP contribution in [-0.4, -0.2) is 32.6 Å². The molecule has 2 N–H and O–H groups in total. The minimum absolute atomic E-state index is 0.0319. The van der Waals surface area contributed by atoms with E-state index in [2.05, 4.69) is 10.6 Å². The van der Waals surface area contributed by atoms with Gasteiger partial charge >= 0.3 is 0 Å². The number of anilines is 2. The summed E-state index contributed by atoms with van der Waals surface area (Å²) < 4.78 is 0. The fourth-order valence-corrected chi connectivity index (χ4v) is 2.42. The maximum atomic E-state index is 11.8. The SMILES string of the molecule is CN(C)c1ccc(NC(=O)CNC2CCCC2)cc1. The van der Waals surface area contributed by atoms with E-state index in [1.807, 2.05) is 43.3 Å². The predicted molar refractivity (Wildman–Crippen MR) is 79.7 cm³/mol. The quantitative estimate of drug-likeness (QED) is 0.854. The molecule has 4 nitrogen and oxygen atoms in total. The number of carbonyl (C=O) groups excluding carboxylic acids is 1. The van der Waals surface area contributed by atoms with Crippen molar-refractivity contribution in [2.75, 3.05) is 30.9 Å². The Bertz CT molecular complexity index is 408. The van der Waals surface area contributed by atoms with Crippen molar-refractivity contribution in [3.8, 4) is 0 Å². The lowest BCUT2D eigenvalue weighted by Crippen LogP contribution is -2.34. The van der Waals surface area contributed by atoms with Crippen LogP contribution in [0.15, 0.2) is 24.3 Å². The highest BCUT2D eigenvalue weighted by atomic mass is 16.1. The molecule has 1 aliphatic carbocycles. The molecule has 0 atom stereocenters. The van der Waals surface area contributed by atoms with Gasteiger partial charge in [0.05, 0.1) is 6.54 Å². The third-order valence-corrected chi connectivity index (χ3v) is 3.57. The molecule has 0 aliphatic heterocycles. The number of nitrogens with one attached hydrogen (secondary N) is 2. The van der Waals surface area contributed by atoms with Crippen LogP contribution in [0.1, 0.15) is 25.7 Å². The summed E-state index contributed by atoms with van der Waals surface area (Å²) in [5, 5.41) is 6.22. The third-order valence-electron chi connectivity index (χ3n) is 3.57. The Morgan fingerprint density at radius 2 is 1.84 bits per heavy atom. The highest BCUT2D eigenvalue weighted by Gasteiger charge is 2.15. The van der Waals surface area contributed by atoms with Crippen LogP contribution in [-0.2, 0) is 4.79 Å². The Balaban J connectivity index is 1.77. The number of hydrogen-bond acceptors (Lipinski definition) is 3. The standard InChI is InChI=1S/C15H23N3O/c1-18(2)14-9-7-13(8-10-14)17-15(19)11-16-12-5-3-4-6-12/h7-10,12,16H,3-6,11H2,1-2H3,(H,17,19). The molecule has 1 aliphatic rings. The fourth-order valence-electron chi connectivity index (χ4n) is 2.42. The Hall–Kier alpha value is -1.55. The number of hydrogen-bond donors (Lipinski definition) is 2. The lowest BCUT2D eigenvalue weighted by Gasteiger charge is -2.14. The summed E-state index contributed by atoms with van der Waals surface area (Å²) in [6, 6.07) is 8.40. The van der Waals surface area contributed by atoms with Crippen LogP contribution in [0.3, 0.4) is 0 Å². The summed E-state index contributed by atoms with van der Waals surface area (Å²) >= 11 is 0. The van der Waals surface area contributed by atoms with E-state index in [1.54, 1.807) is 0 Å². The lowest BCUT2D eigenvalue weighted by molar-refractivity contribution is -0.115. The first-order chi connectivity index (χ1) is 9.15. The van der Waals surface area contributed by atoms with Gasteiger partial charge in [-0.15, -0.1) is 0 Å². The molecule has 1 aromatic carbocycles. The van der Waals surface area contributed by atoms with Crippen molar-refractivity contribution in [1.29, 1.82) is 0 Å². The molecule has 19 heavy (non-hydrogen) atoms. The summed E-state index contributed by atoms with van der Waals surface area (Å²) in [5.41, 5.74) is 1.98. The van der Waals surface area contributed by atoms with Crippen LogP contribution in [0.25, 0.3) is 0 Å². The Morgan fingerprint density at radius 3 is 2.42 bits per heavy atom. The van der Waals surface area contributed by atoms with Gasteiger partial charge in [-0.3, -0.25) is 4.79 Å². The second kappa shape index (κ2) is 6.57.